The van der Waals surface area contributed by atoms with Gasteiger partial charge in [0, 0.05) is 41.3 Å². The number of nitrogens with one attached hydrogen (secondary N) is 1. The van der Waals surface area contributed by atoms with Crippen LogP contribution in [0.5, 0.6) is 0 Å². The fourth-order valence-electron chi connectivity index (χ4n) is 1.98. The van der Waals surface area contributed by atoms with Gasteiger partial charge >= 0.3 is 0 Å². The van der Waals surface area contributed by atoms with E-state index in [0.717, 1.165) is 6.54 Å². The zero-order valence-electron chi connectivity index (χ0n) is 9.95. The lowest BCUT2D eigenvalue weighted by Gasteiger charge is -2.32. The Hall–Kier alpha value is -0.480. The summed E-state index contributed by atoms with van der Waals surface area (Å²) < 4.78 is 0. The Balaban J connectivity index is 0.00000162. The van der Waals surface area contributed by atoms with Gasteiger partial charge in [0.15, 0.2) is 0 Å². The summed E-state index contributed by atoms with van der Waals surface area (Å²) in [7, 11) is 0. The van der Waals surface area contributed by atoms with E-state index in [2.05, 4.69) is 12.2 Å². The van der Waals surface area contributed by atoms with E-state index in [9.17, 15) is 4.79 Å². The summed E-state index contributed by atoms with van der Waals surface area (Å²) >= 11 is 11.8. The molecule has 1 atom stereocenters. The molecule has 1 fully saturated rings. The van der Waals surface area contributed by atoms with Gasteiger partial charge in [-0.15, -0.1) is 12.4 Å². The van der Waals surface area contributed by atoms with Crippen molar-refractivity contribution in [2.75, 3.05) is 19.6 Å². The quantitative estimate of drug-likeness (QED) is 0.865. The number of piperazine rings is 1. The number of hydrogen-bond donors (Lipinski definition) is 1. The first-order valence-electron chi connectivity index (χ1n) is 5.55. The zero-order chi connectivity index (χ0) is 12.4. The molecule has 1 heterocycles. The Labute approximate surface area is 123 Å². The van der Waals surface area contributed by atoms with Crippen LogP contribution < -0.4 is 5.32 Å². The van der Waals surface area contributed by atoms with Gasteiger partial charge in [-0.1, -0.05) is 23.2 Å². The highest BCUT2D eigenvalue weighted by Gasteiger charge is 2.21. The van der Waals surface area contributed by atoms with Gasteiger partial charge < -0.3 is 10.2 Å². The minimum Gasteiger partial charge on any atom is -0.336 e. The Morgan fingerprint density at radius 3 is 2.50 bits per heavy atom. The number of halogens is 3. The van der Waals surface area contributed by atoms with Gasteiger partial charge in [0.1, 0.15) is 0 Å². The Bertz CT molecular complexity index is 419. The molecule has 0 spiro atoms. The third-order valence-electron chi connectivity index (χ3n) is 2.77. The molecular weight excluding hydrogens is 295 g/mol. The predicted octanol–water partition coefficient (Wildman–Crippen LogP) is 2.85. The van der Waals surface area contributed by atoms with E-state index in [-0.39, 0.29) is 18.3 Å². The highest BCUT2D eigenvalue weighted by molar-refractivity contribution is 6.35. The van der Waals surface area contributed by atoms with Gasteiger partial charge in [-0.2, -0.15) is 0 Å². The van der Waals surface area contributed by atoms with Crippen LogP contribution in [0.3, 0.4) is 0 Å². The van der Waals surface area contributed by atoms with Crippen molar-refractivity contribution < 1.29 is 4.79 Å². The smallest absolute Gasteiger partial charge is 0.254 e. The normalized spacial score (nSPS) is 19.3. The fraction of sp³-hybridized carbons (Fsp3) is 0.417. The summed E-state index contributed by atoms with van der Waals surface area (Å²) in [5, 5.41) is 4.27. The largest absolute Gasteiger partial charge is 0.336 e. The number of hydrogen-bond acceptors (Lipinski definition) is 2. The first kappa shape index (κ1) is 15.6. The molecular formula is C12H15Cl3N2O. The highest BCUT2D eigenvalue weighted by Crippen LogP contribution is 2.20. The summed E-state index contributed by atoms with van der Waals surface area (Å²) in [5.41, 5.74) is 0.552. The van der Waals surface area contributed by atoms with Gasteiger partial charge in [0.2, 0.25) is 0 Å². The molecule has 6 heteroatoms. The van der Waals surface area contributed by atoms with Gasteiger partial charge in [-0.25, -0.2) is 0 Å². The average molecular weight is 310 g/mol. The molecule has 0 aliphatic carbocycles. The summed E-state index contributed by atoms with van der Waals surface area (Å²) in [5.74, 6) is -0.0113. The second-order valence-corrected chi connectivity index (χ2v) is 5.14. The van der Waals surface area contributed by atoms with E-state index in [4.69, 9.17) is 23.2 Å². The van der Waals surface area contributed by atoms with E-state index in [1.54, 1.807) is 18.2 Å². The van der Waals surface area contributed by atoms with Crippen molar-refractivity contribution in [2.45, 2.75) is 13.0 Å². The molecule has 1 saturated heterocycles. The van der Waals surface area contributed by atoms with Crippen LogP contribution in [0.4, 0.5) is 0 Å². The fourth-order valence-corrected chi connectivity index (χ4v) is 2.50. The number of nitrogens with zero attached hydrogens (tertiary/aromatic N) is 1. The van der Waals surface area contributed by atoms with Crippen molar-refractivity contribution in [1.82, 2.24) is 10.2 Å². The standard InChI is InChI=1S/C12H14Cl2N2O.ClH/c1-8-7-16(3-2-15-8)12(17)9-4-10(13)6-11(14)5-9;/h4-6,8,15H,2-3,7H2,1H3;1H/t8-;/m0./s1. The number of carbonyl (C=O) groups excluding carboxylic acids is 1. The van der Waals surface area contributed by atoms with Crippen molar-refractivity contribution in [3.63, 3.8) is 0 Å². The molecule has 0 bridgehead atoms. The lowest BCUT2D eigenvalue weighted by molar-refractivity contribution is 0.0709. The topological polar surface area (TPSA) is 32.3 Å². The van der Waals surface area contributed by atoms with Crippen molar-refractivity contribution in [2.24, 2.45) is 0 Å². The van der Waals surface area contributed by atoms with Crippen LogP contribution in [-0.4, -0.2) is 36.5 Å². The van der Waals surface area contributed by atoms with Crippen molar-refractivity contribution in [3.8, 4) is 0 Å². The Morgan fingerprint density at radius 1 is 1.33 bits per heavy atom. The van der Waals surface area contributed by atoms with E-state index in [1.807, 2.05) is 4.90 Å². The molecule has 1 amide bonds. The second-order valence-electron chi connectivity index (χ2n) is 4.26. The number of amides is 1. The number of rotatable bonds is 1. The average Bonchev–Trinajstić information content (AvgIpc) is 2.26. The number of carbonyl (C=O) groups is 1. The summed E-state index contributed by atoms with van der Waals surface area (Å²) in [4.78, 5) is 14.1. The lowest BCUT2D eigenvalue weighted by Crippen LogP contribution is -2.51. The first-order chi connectivity index (χ1) is 8.06. The second kappa shape index (κ2) is 6.62. The van der Waals surface area contributed by atoms with Gasteiger partial charge in [-0.05, 0) is 25.1 Å². The first-order valence-corrected chi connectivity index (χ1v) is 6.30. The van der Waals surface area contributed by atoms with Crippen LogP contribution in [0.1, 0.15) is 17.3 Å². The molecule has 1 aliphatic rings. The molecule has 2 rings (SSSR count). The van der Waals surface area contributed by atoms with Gasteiger partial charge in [0.05, 0.1) is 0 Å². The molecule has 1 aromatic carbocycles. The van der Waals surface area contributed by atoms with Crippen LogP contribution in [0.25, 0.3) is 0 Å². The molecule has 0 unspecified atom stereocenters. The van der Waals surface area contributed by atoms with Crippen molar-refractivity contribution in [1.29, 1.82) is 0 Å². The summed E-state index contributed by atoms with van der Waals surface area (Å²) in [6.45, 7) is 4.31. The minimum absolute atomic E-state index is 0. The molecule has 100 valence electrons. The third-order valence-corrected chi connectivity index (χ3v) is 3.20. The Morgan fingerprint density at radius 2 is 1.94 bits per heavy atom. The zero-order valence-corrected chi connectivity index (χ0v) is 12.3. The third kappa shape index (κ3) is 3.75. The summed E-state index contributed by atoms with van der Waals surface area (Å²) in [6, 6.07) is 5.26. The molecule has 1 aromatic rings. The minimum atomic E-state index is -0.0113. The summed E-state index contributed by atoms with van der Waals surface area (Å²) in [6.07, 6.45) is 0. The van der Waals surface area contributed by atoms with Crippen molar-refractivity contribution in [3.05, 3.63) is 33.8 Å². The van der Waals surface area contributed by atoms with Crippen LogP contribution in [-0.2, 0) is 0 Å². The van der Waals surface area contributed by atoms with E-state index >= 15 is 0 Å². The van der Waals surface area contributed by atoms with Crippen molar-refractivity contribution >= 4 is 41.5 Å². The van der Waals surface area contributed by atoms with Gasteiger partial charge in [0.25, 0.3) is 5.91 Å². The van der Waals surface area contributed by atoms with Crippen LogP contribution in [0.15, 0.2) is 18.2 Å². The van der Waals surface area contributed by atoms with E-state index in [0.29, 0.717) is 34.7 Å². The molecule has 0 aromatic heterocycles. The maximum Gasteiger partial charge on any atom is 0.254 e. The SMILES string of the molecule is C[C@H]1CN(C(=O)c2cc(Cl)cc(Cl)c2)CCN1.Cl. The predicted molar refractivity (Wildman–Crippen MR) is 77.1 cm³/mol. The molecule has 0 radical (unpaired) electrons. The molecule has 1 aliphatic heterocycles. The molecule has 3 nitrogen and oxygen atoms in total. The van der Waals surface area contributed by atoms with Crippen LogP contribution in [0, 0.1) is 0 Å². The maximum absolute atomic E-state index is 12.2. The molecule has 0 saturated carbocycles. The van der Waals surface area contributed by atoms with Gasteiger partial charge in [-0.3, -0.25) is 4.79 Å². The molecule has 18 heavy (non-hydrogen) atoms. The molecule has 1 N–H and O–H groups in total. The number of benzene rings is 1. The highest BCUT2D eigenvalue weighted by atomic mass is 35.5. The monoisotopic (exact) mass is 308 g/mol. The van der Waals surface area contributed by atoms with Crippen LogP contribution in [0.2, 0.25) is 10.0 Å². The van der Waals surface area contributed by atoms with E-state index in [1.165, 1.54) is 0 Å². The van der Waals surface area contributed by atoms with Crippen LogP contribution >= 0.6 is 35.6 Å². The lowest BCUT2D eigenvalue weighted by atomic mass is 10.1. The Kier molecular flexibility index (Phi) is 5.73. The maximum atomic E-state index is 12.2. The van der Waals surface area contributed by atoms with E-state index < -0.39 is 0 Å².